The lowest BCUT2D eigenvalue weighted by molar-refractivity contribution is 0.0648. The van der Waals surface area contributed by atoms with Gasteiger partial charge in [-0.3, -0.25) is 0 Å². The van der Waals surface area contributed by atoms with E-state index < -0.39 is 58.7 Å². The minimum atomic E-state index is -1.51. The van der Waals surface area contributed by atoms with E-state index in [0.29, 0.717) is 0 Å². The molecule has 0 heterocycles. The third-order valence-electron chi connectivity index (χ3n) is 4.26. The number of rotatable bonds is 8. The van der Waals surface area contributed by atoms with E-state index in [1.54, 1.807) is 0 Å². The largest absolute Gasteiger partial charge is 0.478 e. The zero-order valence-electron chi connectivity index (χ0n) is 14.3. The molecule has 0 fully saturated rings. The molecule has 0 spiro atoms. The van der Waals surface area contributed by atoms with Crippen LogP contribution >= 0.6 is 0 Å². The maximum Gasteiger partial charge on any atom is 0.336 e. The standard InChI is InChI=1S/C19H16O9/c20-8-10(11-4-2-6-13(17(23)24)15(11)19(27)28)7-9-3-1-5-12(16(21)22)14(9)18(25)26/h1-6,10,20H,7-8H2,(H,21,22)(H,23,24)(H,25,26)(H,27,28)/t10-/m1/s1. The van der Waals surface area contributed by atoms with Crippen LogP contribution in [0.2, 0.25) is 0 Å². The molecule has 28 heavy (non-hydrogen) atoms. The summed E-state index contributed by atoms with van der Waals surface area (Å²) in [6, 6.07) is 7.58. The number of carbonyl (C=O) groups is 4. The van der Waals surface area contributed by atoms with Gasteiger partial charge in [-0.25, -0.2) is 19.2 Å². The van der Waals surface area contributed by atoms with Gasteiger partial charge in [0, 0.05) is 5.92 Å². The third-order valence-corrected chi connectivity index (χ3v) is 4.26. The Morgan fingerprint density at radius 2 is 1.21 bits per heavy atom. The molecule has 2 aromatic carbocycles. The first-order valence-electron chi connectivity index (χ1n) is 7.97. The molecule has 0 unspecified atom stereocenters. The quantitative estimate of drug-likeness (QED) is 0.452. The molecule has 0 aliphatic rings. The molecule has 0 aromatic heterocycles. The van der Waals surface area contributed by atoms with Crippen molar-refractivity contribution in [1.82, 2.24) is 0 Å². The van der Waals surface area contributed by atoms with Gasteiger partial charge in [0.25, 0.3) is 0 Å². The molecule has 9 nitrogen and oxygen atoms in total. The molecule has 2 aromatic rings. The van der Waals surface area contributed by atoms with Crippen LogP contribution in [0.1, 0.15) is 58.5 Å². The third kappa shape index (κ3) is 3.99. The summed E-state index contributed by atoms with van der Waals surface area (Å²) in [6.07, 6.45) is -0.206. The first-order valence-corrected chi connectivity index (χ1v) is 7.97. The zero-order chi connectivity index (χ0) is 21.0. The second kappa shape index (κ2) is 8.31. The van der Waals surface area contributed by atoms with E-state index in [1.807, 2.05) is 0 Å². The van der Waals surface area contributed by atoms with Gasteiger partial charge in [-0.2, -0.15) is 0 Å². The Morgan fingerprint density at radius 3 is 1.68 bits per heavy atom. The van der Waals surface area contributed by atoms with E-state index >= 15 is 0 Å². The van der Waals surface area contributed by atoms with E-state index in [2.05, 4.69) is 0 Å². The van der Waals surface area contributed by atoms with Crippen molar-refractivity contribution < 1.29 is 44.7 Å². The molecule has 146 valence electrons. The SMILES string of the molecule is O=C(O)c1cccc(C[C@H](CO)c2cccc(C(=O)O)c2C(=O)O)c1C(=O)O. The first kappa shape index (κ1) is 20.6. The van der Waals surface area contributed by atoms with Crippen molar-refractivity contribution in [3.05, 3.63) is 69.8 Å². The molecule has 9 heteroatoms. The number of aliphatic hydroxyl groups excluding tert-OH is 1. The number of benzene rings is 2. The maximum absolute atomic E-state index is 11.6. The summed E-state index contributed by atoms with van der Waals surface area (Å²) in [5.41, 5.74) is -1.82. The smallest absolute Gasteiger partial charge is 0.336 e. The van der Waals surface area contributed by atoms with Crippen molar-refractivity contribution in [1.29, 1.82) is 0 Å². The van der Waals surface area contributed by atoms with Crippen LogP contribution in [-0.2, 0) is 6.42 Å². The number of carboxylic acid groups (broad SMARTS) is 4. The second-order valence-corrected chi connectivity index (χ2v) is 5.91. The number of hydrogen-bond acceptors (Lipinski definition) is 5. The van der Waals surface area contributed by atoms with Crippen LogP contribution in [0.5, 0.6) is 0 Å². The Labute approximate surface area is 158 Å². The molecule has 2 rings (SSSR count). The van der Waals surface area contributed by atoms with Crippen molar-refractivity contribution in [3.63, 3.8) is 0 Å². The lowest BCUT2D eigenvalue weighted by atomic mass is 9.85. The first-order chi connectivity index (χ1) is 13.2. The highest BCUT2D eigenvalue weighted by Crippen LogP contribution is 2.29. The monoisotopic (exact) mass is 388 g/mol. The Bertz CT molecular complexity index is 962. The summed E-state index contributed by atoms with van der Waals surface area (Å²) in [5, 5.41) is 47.1. The van der Waals surface area contributed by atoms with Gasteiger partial charge in [-0.1, -0.05) is 24.3 Å². The summed E-state index contributed by atoms with van der Waals surface area (Å²) in [5.74, 6) is -6.87. The molecule has 1 atom stereocenters. The fourth-order valence-corrected chi connectivity index (χ4v) is 3.07. The predicted molar refractivity (Wildman–Crippen MR) is 94.3 cm³/mol. The molecule has 0 saturated carbocycles. The fraction of sp³-hybridized carbons (Fsp3) is 0.158. The molecular weight excluding hydrogens is 372 g/mol. The number of aliphatic hydroxyl groups is 1. The van der Waals surface area contributed by atoms with Gasteiger partial charge in [0.05, 0.1) is 28.9 Å². The number of aromatic carboxylic acids is 4. The van der Waals surface area contributed by atoms with Crippen LogP contribution < -0.4 is 0 Å². The minimum Gasteiger partial charge on any atom is -0.478 e. The summed E-state index contributed by atoms with van der Waals surface area (Å²) in [7, 11) is 0. The van der Waals surface area contributed by atoms with Crippen molar-refractivity contribution >= 4 is 23.9 Å². The van der Waals surface area contributed by atoms with Gasteiger partial charge in [-0.15, -0.1) is 0 Å². The Morgan fingerprint density at radius 1 is 0.714 bits per heavy atom. The van der Waals surface area contributed by atoms with Gasteiger partial charge < -0.3 is 25.5 Å². The molecule has 0 bridgehead atoms. The van der Waals surface area contributed by atoms with E-state index in [4.69, 9.17) is 0 Å². The van der Waals surface area contributed by atoms with E-state index in [0.717, 1.165) is 12.1 Å². The van der Waals surface area contributed by atoms with Crippen LogP contribution in [0, 0.1) is 0 Å². The van der Waals surface area contributed by atoms with Gasteiger partial charge in [0.2, 0.25) is 0 Å². The molecule has 0 amide bonds. The maximum atomic E-state index is 11.6. The number of carboxylic acids is 4. The van der Waals surface area contributed by atoms with E-state index in [1.165, 1.54) is 24.3 Å². The van der Waals surface area contributed by atoms with E-state index in [9.17, 15) is 44.7 Å². The Kier molecular flexibility index (Phi) is 6.11. The normalized spacial score (nSPS) is 11.6. The molecule has 0 aliphatic heterocycles. The lowest BCUT2D eigenvalue weighted by Crippen LogP contribution is -2.19. The Hall–Kier alpha value is -3.72. The predicted octanol–water partition coefficient (Wildman–Crippen LogP) is 1.80. The molecule has 0 aliphatic carbocycles. The zero-order valence-corrected chi connectivity index (χ0v) is 14.3. The number of hydrogen-bond donors (Lipinski definition) is 5. The van der Waals surface area contributed by atoms with Crippen LogP contribution in [0.3, 0.4) is 0 Å². The van der Waals surface area contributed by atoms with Crippen molar-refractivity contribution in [2.24, 2.45) is 0 Å². The van der Waals surface area contributed by atoms with Crippen molar-refractivity contribution in [3.8, 4) is 0 Å². The summed E-state index contributed by atoms with van der Waals surface area (Å²) >= 11 is 0. The highest BCUT2D eigenvalue weighted by atomic mass is 16.4. The average molecular weight is 388 g/mol. The van der Waals surface area contributed by atoms with Crippen LogP contribution in [0.15, 0.2) is 36.4 Å². The highest BCUT2D eigenvalue weighted by Gasteiger charge is 2.27. The van der Waals surface area contributed by atoms with Crippen LogP contribution in [0.4, 0.5) is 0 Å². The van der Waals surface area contributed by atoms with Gasteiger partial charge in [0.15, 0.2) is 0 Å². The highest BCUT2D eigenvalue weighted by molar-refractivity contribution is 6.03. The van der Waals surface area contributed by atoms with Crippen LogP contribution in [0.25, 0.3) is 0 Å². The topological polar surface area (TPSA) is 169 Å². The van der Waals surface area contributed by atoms with Crippen molar-refractivity contribution in [2.45, 2.75) is 12.3 Å². The van der Waals surface area contributed by atoms with Crippen molar-refractivity contribution in [2.75, 3.05) is 6.61 Å². The fourth-order valence-electron chi connectivity index (χ4n) is 3.07. The van der Waals surface area contributed by atoms with E-state index in [-0.39, 0.29) is 17.5 Å². The summed E-state index contributed by atoms with van der Waals surface area (Å²) in [4.78, 5) is 45.8. The van der Waals surface area contributed by atoms with Gasteiger partial charge >= 0.3 is 23.9 Å². The summed E-state index contributed by atoms with van der Waals surface area (Å²) < 4.78 is 0. The second-order valence-electron chi connectivity index (χ2n) is 5.91. The minimum absolute atomic E-state index is 0.00645. The molecular formula is C19H16O9. The Balaban J connectivity index is 2.62. The molecule has 0 radical (unpaired) electrons. The van der Waals surface area contributed by atoms with Gasteiger partial charge in [0.1, 0.15) is 0 Å². The lowest BCUT2D eigenvalue weighted by Gasteiger charge is -2.20. The average Bonchev–Trinajstić information content (AvgIpc) is 2.64. The molecule has 0 saturated heterocycles. The summed E-state index contributed by atoms with van der Waals surface area (Å²) in [6.45, 7) is -0.611. The van der Waals surface area contributed by atoms with Gasteiger partial charge in [-0.05, 0) is 29.7 Å². The molecule has 5 N–H and O–H groups in total. The van der Waals surface area contributed by atoms with Crippen LogP contribution in [-0.4, -0.2) is 56.0 Å².